The van der Waals surface area contributed by atoms with Gasteiger partial charge in [-0.25, -0.2) is 0 Å². The first-order chi connectivity index (χ1) is 10.0. The Labute approximate surface area is 133 Å². The Kier molecular flexibility index (Phi) is 3.91. The second-order valence-corrected chi connectivity index (χ2v) is 6.11. The number of halogens is 2. The summed E-state index contributed by atoms with van der Waals surface area (Å²) in [7, 11) is 0. The Balaban J connectivity index is 1.79. The van der Waals surface area contributed by atoms with Gasteiger partial charge in [-0.2, -0.15) is 5.10 Å². The second kappa shape index (κ2) is 5.70. The predicted octanol–water partition coefficient (Wildman–Crippen LogP) is 3.90. The van der Waals surface area contributed by atoms with E-state index in [-0.39, 0.29) is 11.8 Å². The van der Waals surface area contributed by atoms with Crippen molar-refractivity contribution in [2.24, 2.45) is 5.92 Å². The highest BCUT2D eigenvalue weighted by Crippen LogP contribution is 2.30. The molecule has 0 spiro atoms. The highest BCUT2D eigenvalue weighted by Gasteiger charge is 2.30. The van der Waals surface area contributed by atoms with Gasteiger partial charge in [-0.15, -0.1) is 0 Å². The highest BCUT2D eigenvalue weighted by molar-refractivity contribution is 6.35. The number of carbonyl (C=O) groups excluding carboxylic acids is 1. The molecule has 0 atom stereocenters. The average molecular weight is 324 g/mol. The molecular formula is C15H15Cl2N3O. The van der Waals surface area contributed by atoms with Gasteiger partial charge in [0, 0.05) is 33.3 Å². The van der Waals surface area contributed by atoms with E-state index in [9.17, 15) is 4.79 Å². The van der Waals surface area contributed by atoms with Crippen LogP contribution in [0.2, 0.25) is 10.0 Å². The van der Waals surface area contributed by atoms with E-state index < -0.39 is 0 Å². The van der Waals surface area contributed by atoms with E-state index in [0.29, 0.717) is 22.4 Å². The van der Waals surface area contributed by atoms with E-state index in [2.05, 4.69) is 10.4 Å². The fraction of sp³-hybridized carbons (Fsp3) is 0.333. The van der Waals surface area contributed by atoms with Crippen molar-refractivity contribution in [2.75, 3.05) is 5.32 Å². The second-order valence-electron chi connectivity index (χ2n) is 5.29. The smallest absolute Gasteiger partial charge is 0.228 e. The van der Waals surface area contributed by atoms with Crippen molar-refractivity contribution in [1.82, 2.24) is 9.78 Å². The van der Waals surface area contributed by atoms with Crippen LogP contribution in [0.15, 0.2) is 24.3 Å². The van der Waals surface area contributed by atoms with Gasteiger partial charge in [0.15, 0.2) is 5.82 Å². The van der Waals surface area contributed by atoms with Crippen molar-refractivity contribution in [3.8, 4) is 0 Å². The van der Waals surface area contributed by atoms with Crippen LogP contribution in [0, 0.1) is 12.8 Å². The minimum absolute atomic E-state index is 0.0513. The van der Waals surface area contributed by atoms with Crippen molar-refractivity contribution in [3.63, 3.8) is 0 Å². The third-order valence-electron chi connectivity index (χ3n) is 3.55. The van der Waals surface area contributed by atoms with Crippen LogP contribution in [0.4, 0.5) is 5.82 Å². The Morgan fingerprint density at radius 1 is 1.38 bits per heavy atom. The number of nitrogens with zero attached hydrogens (tertiary/aromatic N) is 2. The lowest BCUT2D eigenvalue weighted by atomic mass is 10.2. The molecule has 1 amide bonds. The van der Waals surface area contributed by atoms with E-state index in [1.165, 1.54) is 0 Å². The molecule has 4 nitrogen and oxygen atoms in total. The monoisotopic (exact) mass is 323 g/mol. The van der Waals surface area contributed by atoms with Crippen molar-refractivity contribution in [2.45, 2.75) is 26.3 Å². The first kappa shape index (κ1) is 14.4. The van der Waals surface area contributed by atoms with Crippen LogP contribution in [0.5, 0.6) is 0 Å². The molecule has 1 aromatic carbocycles. The minimum Gasteiger partial charge on any atom is -0.309 e. The summed E-state index contributed by atoms with van der Waals surface area (Å²) in [6.45, 7) is 2.41. The van der Waals surface area contributed by atoms with Gasteiger partial charge in [0.25, 0.3) is 0 Å². The van der Waals surface area contributed by atoms with Crippen LogP contribution >= 0.6 is 23.2 Å². The molecule has 0 aliphatic heterocycles. The van der Waals surface area contributed by atoms with Crippen LogP contribution in [-0.4, -0.2) is 15.7 Å². The fourth-order valence-corrected chi connectivity index (χ4v) is 2.66. The molecule has 110 valence electrons. The molecule has 3 rings (SSSR count). The number of aromatic nitrogens is 2. The summed E-state index contributed by atoms with van der Waals surface area (Å²) in [6.07, 6.45) is 1.95. The zero-order valence-corrected chi connectivity index (χ0v) is 13.1. The lowest BCUT2D eigenvalue weighted by Gasteiger charge is -2.08. The molecule has 2 aromatic rings. The van der Waals surface area contributed by atoms with Crippen LogP contribution in [0.25, 0.3) is 0 Å². The Morgan fingerprint density at radius 2 is 2.05 bits per heavy atom. The molecule has 1 saturated carbocycles. The van der Waals surface area contributed by atoms with Crippen LogP contribution in [0.1, 0.15) is 24.1 Å². The number of carbonyl (C=O) groups is 1. The van der Waals surface area contributed by atoms with E-state index in [4.69, 9.17) is 23.2 Å². The highest BCUT2D eigenvalue weighted by atomic mass is 35.5. The maximum absolute atomic E-state index is 11.8. The van der Waals surface area contributed by atoms with E-state index in [0.717, 1.165) is 24.1 Å². The molecule has 1 heterocycles. The SMILES string of the molecule is Cc1cc(NC(=O)C2CC2)nn1Cc1c(Cl)cccc1Cl. The normalized spacial score (nSPS) is 14.2. The van der Waals surface area contributed by atoms with Crippen LogP contribution in [-0.2, 0) is 11.3 Å². The van der Waals surface area contributed by atoms with Crippen molar-refractivity contribution in [1.29, 1.82) is 0 Å². The fourth-order valence-electron chi connectivity index (χ4n) is 2.14. The predicted molar refractivity (Wildman–Crippen MR) is 83.9 cm³/mol. The quantitative estimate of drug-likeness (QED) is 0.927. The summed E-state index contributed by atoms with van der Waals surface area (Å²) in [5.41, 5.74) is 1.77. The van der Waals surface area contributed by atoms with Gasteiger partial charge in [-0.3, -0.25) is 9.48 Å². The van der Waals surface area contributed by atoms with Gasteiger partial charge in [0.05, 0.1) is 6.54 Å². The number of anilines is 1. The topological polar surface area (TPSA) is 46.9 Å². The molecule has 1 N–H and O–H groups in total. The largest absolute Gasteiger partial charge is 0.309 e. The molecule has 0 unspecified atom stereocenters. The van der Waals surface area contributed by atoms with Crippen molar-refractivity contribution >= 4 is 34.9 Å². The molecule has 0 radical (unpaired) electrons. The molecule has 21 heavy (non-hydrogen) atoms. The summed E-state index contributed by atoms with van der Waals surface area (Å²) in [6, 6.07) is 7.27. The number of benzene rings is 1. The van der Waals surface area contributed by atoms with Gasteiger partial charge in [0.1, 0.15) is 0 Å². The molecular weight excluding hydrogens is 309 g/mol. The van der Waals surface area contributed by atoms with Crippen LogP contribution in [0.3, 0.4) is 0 Å². The van der Waals surface area contributed by atoms with Crippen molar-refractivity contribution < 1.29 is 4.79 Å². The molecule has 6 heteroatoms. The van der Waals surface area contributed by atoms with Gasteiger partial charge >= 0.3 is 0 Å². The number of amides is 1. The molecule has 1 aliphatic rings. The average Bonchev–Trinajstić information content (AvgIpc) is 3.21. The molecule has 0 saturated heterocycles. The maximum Gasteiger partial charge on any atom is 0.228 e. The number of hydrogen-bond acceptors (Lipinski definition) is 2. The zero-order chi connectivity index (χ0) is 15.0. The molecule has 0 bridgehead atoms. The van der Waals surface area contributed by atoms with Gasteiger partial charge in [0.2, 0.25) is 5.91 Å². The molecule has 1 aliphatic carbocycles. The third-order valence-corrected chi connectivity index (χ3v) is 4.26. The van der Waals surface area contributed by atoms with Crippen molar-refractivity contribution in [3.05, 3.63) is 45.6 Å². The van der Waals surface area contributed by atoms with E-state index in [1.807, 2.05) is 19.1 Å². The lowest BCUT2D eigenvalue weighted by molar-refractivity contribution is -0.117. The summed E-state index contributed by atoms with van der Waals surface area (Å²) >= 11 is 12.4. The zero-order valence-electron chi connectivity index (χ0n) is 11.6. The number of rotatable bonds is 4. The molecule has 1 fully saturated rings. The molecule has 1 aromatic heterocycles. The summed E-state index contributed by atoms with van der Waals surface area (Å²) in [5, 5.41) is 8.47. The standard InChI is InChI=1S/C15H15Cl2N3O/c1-9-7-14(18-15(21)10-5-6-10)19-20(9)8-11-12(16)3-2-4-13(11)17/h2-4,7,10H,5-6,8H2,1H3,(H,18,19,21). The minimum atomic E-state index is 0.0513. The summed E-state index contributed by atoms with van der Waals surface area (Å²) < 4.78 is 1.79. The van der Waals surface area contributed by atoms with Gasteiger partial charge < -0.3 is 5.32 Å². The lowest BCUT2D eigenvalue weighted by Crippen LogP contribution is -2.14. The Morgan fingerprint density at radius 3 is 2.67 bits per heavy atom. The van der Waals surface area contributed by atoms with Crippen LogP contribution < -0.4 is 5.32 Å². The first-order valence-corrected chi connectivity index (χ1v) is 7.58. The Hall–Kier alpha value is -1.52. The Bertz CT molecular complexity index is 672. The number of nitrogens with one attached hydrogen (secondary N) is 1. The third kappa shape index (κ3) is 3.22. The summed E-state index contributed by atoms with van der Waals surface area (Å²) in [4.78, 5) is 11.8. The van der Waals surface area contributed by atoms with Gasteiger partial charge in [-0.1, -0.05) is 29.3 Å². The maximum atomic E-state index is 11.8. The summed E-state index contributed by atoms with van der Waals surface area (Å²) in [5.74, 6) is 0.788. The van der Waals surface area contributed by atoms with E-state index in [1.54, 1.807) is 16.8 Å². The number of hydrogen-bond donors (Lipinski definition) is 1. The van der Waals surface area contributed by atoms with E-state index >= 15 is 0 Å². The first-order valence-electron chi connectivity index (χ1n) is 6.83. The number of aryl methyl sites for hydroxylation is 1. The van der Waals surface area contributed by atoms with Gasteiger partial charge in [-0.05, 0) is 31.9 Å².